The van der Waals surface area contributed by atoms with E-state index in [1.165, 1.54) is 0 Å². The van der Waals surface area contributed by atoms with Crippen LogP contribution in [0.4, 0.5) is 6.01 Å². The fourth-order valence-electron chi connectivity index (χ4n) is 1.16. The van der Waals surface area contributed by atoms with Crippen molar-refractivity contribution in [2.24, 2.45) is 0 Å². The van der Waals surface area contributed by atoms with E-state index < -0.39 is 0 Å². The minimum atomic E-state index is -0.00366. The Hall–Kier alpha value is -1.10. The quantitative estimate of drug-likeness (QED) is 0.639. The Labute approximate surface area is 63.5 Å². The normalized spacial score (nSPS) is 24.2. The van der Waals surface area contributed by atoms with E-state index >= 15 is 0 Å². The van der Waals surface area contributed by atoms with Gasteiger partial charge in [-0.2, -0.15) is 4.98 Å². The highest BCUT2D eigenvalue weighted by molar-refractivity contribution is 5.08. The van der Waals surface area contributed by atoms with Gasteiger partial charge < -0.3 is 15.0 Å². The predicted molar refractivity (Wildman–Crippen MR) is 36.6 cm³/mol. The number of nitrogen functional groups attached to an aromatic ring is 1. The summed E-state index contributed by atoms with van der Waals surface area (Å²) in [5.74, 6) is 0.569. The molecule has 1 atom stereocenters. The minimum Gasteiger partial charge on any atom is -0.370 e. The second kappa shape index (κ2) is 2.50. The Morgan fingerprint density at radius 1 is 1.55 bits per heavy atom. The van der Waals surface area contributed by atoms with Crippen LogP contribution in [-0.2, 0) is 4.74 Å². The van der Waals surface area contributed by atoms with Gasteiger partial charge in [-0.3, -0.25) is 0 Å². The van der Waals surface area contributed by atoms with E-state index in [1.807, 2.05) is 0 Å². The van der Waals surface area contributed by atoms with Crippen molar-refractivity contribution >= 4 is 6.01 Å². The molecular formula is C6H9N3O2. The van der Waals surface area contributed by atoms with Crippen molar-refractivity contribution in [3.63, 3.8) is 0 Å². The van der Waals surface area contributed by atoms with Gasteiger partial charge in [-0.05, 0) is 12.8 Å². The average Bonchev–Trinajstić information content (AvgIpc) is 2.55. The Morgan fingerprint density at radius 2 is 2.45 bits per heavy atom. The number of aromatic nitrogens is 2. The molecule has 0 bridgehead atoms. The van der Waals surface area contributed by atoms with Crippen LogP contribution in [0.2, 0.25) is 0 Å². The average molecular weight is 155 g/mol. The van der Waals surface area contributed by atoms with E-state index in [1.54, 1.807) is 0 Å². The second-order valence-corrected chi connectivity index (χ2v) is 2.49. The lowest BCUT2D eigenvalue weighted by atomic mass is 10.2. The Balaban J connectivity index is 2.15. The molecule has 11 heavy (non-hydrogen) atoms. The molecular weight excluding hydrogens is 146 g/mol. The summed E-state index contributed by atoms with van der Waals surface area (Å²) in [6, 6.07) is 0.107. The fourth-order valence-corrected chi connectivity index (χ4v) is 1.16. The van der Waals surface area contributed by atoms with Gasteiger partial charge in [-0.1, -0.05) is 5.16 Å². The molecule has 0 amide bonds. The van der Waals surface area contributed by atoms with Gasteiger partial charge in [0.05, 0.1) is 0 Å². The summed E-state index contributed by atoms with van der Waals surface area (Å²) < 4.78 is 9.93. The number of hydrogen-bond acceptors (Lipinski definition) is 5. The third-order valence-corrected chi connectivity index (χ3v) is 1.68. The lowest BCUT2D eigenvalue weighted by Gasteiger charge is -2.00. The largest absolute Gasteiger partial charge is 0.370 e. The molecule has 0 radical (unpaired) electrons. The summed E-state index contributed by atoms with van der Waals surface area (Å²) >= 11 is 0. The fraction of sp³-hybridized carbons (Fsp3) is 0.667. The van der Waals surface area contributed by atoms with Crippen LogP contribution in [0.25, 0.3) is 0 Å². The van der Waals surface area contributed by atoms with Crippen LogP contribution in [0.15, 0.2) is 4.52 Å². The van der Waals surface area contributed by atoms with Gasteiger partial charge in [0.25, 0.3) is 0 Å². The first-order valence-electron chi connectivity index (χ1n) is 3.57. The topological polar surface area (TPSA) is 74.2 Å². The van der Waals surface area contributed by atoms with Crippen LogP contribution in [0.1, 0.15) is 24.8 Å². The molecule has 1 aromatic rings. The number of hydrogen-bond donors (Lipinski definition) is 1. The summed E-state index contributed by atoms with van der Waals surface area (Å²) in [4.78, 5) is 3.87. The van der Waals surface area contributed by atoms with Crippen LogP contribution >= 0.6 is 0 Å². The zero-order valence-electron chi connectivity index (χ0n) is 5.99. The molecule has 1 aliphatic heterocycles. The number of nitrogens with zero attached hydrogens (tertiary/aromatic N) is 2. The van der Waals surface area contributed by atoms with Crippen molar-refractivity contribution in [3.05, 3.63) is 5.82 Å². The molecule has 0 saturated carbocycles. The maximum absolute atomic E-state index is 5.31. The molecule has 1 aliphatic rings. The molecule has 1 aromatic heterocycles. The summed E-state index contributed by atoms with van der Waals surface area (Å²) in [6.07, 6.45) is 2.01. The van der Waals surface area contributed by atoms with Crippen LogP contribution in [0.5, 0.6) is 0 Å². The zero-order valence-corrected chi connectivity index (χ0v) is 5.99. The van der Waals surface area contributed by atoms with Crippen molar-refractivity contribution in [1.82, 2.24) is 10.1 Å². The monoisotopic (exact) mass is 155 g/mol. The van der Waals surface area contributed by atoms with E-state index in [9.17, 15) is 0 Å². The van der Waals surface area contributed by atoms with E-state index in [-0.39, 0.29) is 12.1 Å². The third-order valence-electron chi connectivity index (χ3n) is 1.68. The highest BCUT2D eigenvalue weighted by Gasteiger charge is 2.22. The van der Waals surface area contributed by atoms with Crippen LogP contribution in [0.3, 0.4) is 0 Å². The molecule has 1 saturated heterocycles. The molecule has 1 fully saturated rings. The van der Waals surface area contributed by atoms with Gasteiger partial charge in [-0.25, -0.2) is 0 Å². The summed E-state index contributed by atoms with van der Waals surface area (Å²) in [7, 11) is 0. The molecule has 2 N–H and O–H groups in total. The van der Waals surface area contributed by atoms with E-state index in [0.29, 0.717) is 5.82 Å². The van der Waals surface area contributed by atoms with Crippen molar-refractivity contribution in [2.75, 3.05) is 12.3 Å². The van der Waals surface area contributed by atoms with Crippen molar-refractivity contribution in [1.29, 1.82) is 0 Å². The van der Waals surface area contributed by atoms with Crippen molar-refractivity contribution in [2.45, 2.75) is 18.9 Å². The Bertz CT molecular complexity index is 242. The van der Waals surface area contributed by atoms with E-state index in [4.69, 9.17) is 10.5 Å². The first kappa shape index (κ1) is 6.60. The first-order valence-corrected chi connectivity index (χ1v) is 3.57. The van der Waals surface area contributed by atoms with Crippen molar-refractivity contribution in [3.8, 4) is 0 Å². The molecule has 1 unspecified atom stereocenters. The number of ether oxygens (including phenoxy) is 1. The smallest absolute Gasteiger partial charge is 0.318 e. The van der Waals surface area contributed by atoms with E-state index in [0.717, 1.165) is 19.4 Å². The van der Waals surface area contributed by atoms with Gasteiger partial charge in [0, 0.05) is 6.61 Å². The SMILES string of the molecule is Nc1nc(C2CCCO2)no1. The van der Waals surface area contributed by atoms with Gasteiger partial charge in [0.2, 0.25) is 5.82 Å². The van der Waals surface area contributed by atoms with Gasteiger partial charge in [0.15, 0.2) is 0 Å². The highest BCUT2D eigenvalue weighted by atomic mass is 16.5. The lowest BCUT2D eigenvalue weighted by molar-refractivity contribution is 0.103. The Kier molecular flexibility index (Phi) is 1.50. The number of anilines is 1. The van der Waals surface area contributed by atoms with Crippen LogP contribution in [-0.4, -0.2) is 16.7 Å². The zero-order chi connectivity index (χ0) is 7.68. The second-order valence-electron chi connectivity index (χ2n) is 2.49. The summed E-state index contributed by atoms with van der Waals surface area (Å²) in [5, 5.41) is 3.66. The summed E-state index contributed by atoms with van der Waals surface area (Å²) in [5.41, 5.74) is 5.25. The maximum Gasteiger partial charge on any atom is 0.318 e. The van der Waals surface area contributed by atoms with E-state index in [2.05, 4.69) is 14.7 Å². The lowest BCUT2D eigenvalue weighted by Crippen LogP contribution is -1.98. The molecule has 5 nitrogen and oxygen atoms in total. The number of rotatable bonds is 1. The molecule has 2 heterocycles. The van der Waals surface area contributed by atoms with Crippen LogP contribution < -0.4 is 5.73 Å². The maximum atomic E-state index is 5.31. The molecule has 0 spiro atoms. The van der Waals surface area contributed by atoms with Gasteiger partial charge in [-0.15, -0.1) is 0 Å². The molecule has 0 aliphatic carbocycles. The predicted octanol–water partition coefficient (Wildman–Crippen LogP) is 0.503. The minimum absolute atomic E-state index is 0.00366. The highest BCUT2D eigenvalue weighted by Crippen LogP contribution is 2.26. The standard InChI is InChI=1S/C6H9N3O2/c7-6-8-5(9-11-6)4-2-1-3-10-4/h4H,1-3H2,(H2,7,8,9). The molecule has 2 rings (SSSR count). The molecule has 0 aromatic carbocycles. The van der Waals surface area contributed by atoms with Gasteiger partial charge in [0.1, 0.15) is 6.10 Å². The molecule has 60 valence electrons. The van der Waals surface area contributed by atoms with Crippen molar-refractivity contribution < 1.29 is 9.26 Å². The Morgan fingerprint density at radius 3 is 3.00 bits per heavy atom. The summed E-state index contributed by atoms with van der Waals surface area (Å²) in [6.45, 7) is 0.777. The van der Waals surface area contributed by atoms with Gasteiger partial charge >= 0.3 is 6.01 Å². The third kappa shape index (κ3) is 1.19. The first-order chi connectivity index (χ1) is 5.36. The van der Waals surface area contributed by atoms with Crippen LogP contribution in [0, 0.1) is 0 Å². The molecule has 5 heteroatoms. The number of nitrogens with two attached hydrogens (primary N) is 1.